The molecule has 0 fully saturated rings. The average Bonchev–Trinajstić information content (AvgIpc) is 2.33. The molecule has 1 aromatic rings. The summed E-state index contributed by atoms with van der Waals surface area (Å²) in [6, 6.07) is 0.928. The third-order valence-electron chi connectivity index (χ3n) is 2.58. The van der Waals surface area contributed by atoms with Crippen molar-refractivity contribution in [3.63, 3.8) is 0 Å². The van der Waals surface area contributed by atoms with Gasteiger partial charge in [-0.05, 0) is 12.5 Å². The number of aromatic nitrogens is 1. The van der Waals surface area contributed by atoms with Gasteiger partial charge in [0.2, 0.25) is 0 Å². The summed E-state index contributed by atoms with van der Waals surface area (Å²) in [6.45, 7) is 3.42. The minimum atomic E-state index is -4.42. The lowest BCUT2D eigenvalue weighted by molar-refractivity contribution is -0.137. The molecule has 0 atom stereocenters. The van der Waals surface area contributed by atoms with Gasteiger partial charge in [0.25, 0.3) is 0 Å². The lowest BCUT2D eigenvalue weighted by atomic mass is 10.2. The Morgan fingerprint density at radius 2 is 2.05 bits per heavy atom. The second-order valence-corrected chi connectivity index (χ2v) is 5.26. The Bertz CT molecular complexity index is 412. The first-order valence-corrected chi connectivity index (χ1v) is 7.43. The van der Waals surface area contributed by atoms with Gasteiger partial charge in [0.1, 0.15) is 5.82 Å². The highest BCUT2D eigenvalue weighted by Crippen LogP contribution is 2.33. The van der Waals surface area contributed by atoms with Gasteiger partial charge in [-0.3, -0.25) is 0 Å². The molecule has 0 amide bonds. The normalized spacial score (nSPS) is 11.7. The maximum absolute atomic E-state index is 12.5. The van der Waals surface area contributed by atoms with Crippen molar-refractivity contribution in [2.75, 3.05) is 23.3 Å². The van der Waals surface area contributed by atoms with Crippen LogP contribution in [0.25, 0.3) is 0 Å². The van der Waals surface area contributed by atoms with Crippen LogP contribution in [0.1, 0.15) is 25.3 Å². The lowest BCUT2D eigenvalue weighted by Crippen LogP contribution is -2.28. The van der Waals surface area contributed by atoms with Gasteiger partial charge in [-0.25, -0.2) is 4.98 Å². The van der Waals surface area contributed by atoms with E-state index in [1.165, 1.54) is 0 Å². The third kappa shape index (κ3) is 4.84. The Balaban J connectivity index is 2.97. The second kappa shape index (κ2) is 7.33. The molecule has 1 heterocycles. The smallest absolute Gasteiger partial charge is 0.355 e. The first-order valence-electron chi connectivity index (χ1n) is 5.93. The zero-order valence-corrected chi connectivity index (χ0v) is 12.8. The molecule has 0 aromatic carbocycles. The number of pyridine rings is 1. The van der Waals surface area contributed by atoms with Crippen LogP contribution in [0.3, 0.4) is 0 Å². The zero-order valence-electron chi connectivity index (χ0n) is 10.5. The topological polar surface area (TPSA) is 16.1 Å². The van der Waals surface area contributed by atoms with Crippen molar-refractivity contribution in [3.8, 4) is 0 Å². The molecule has 108 valence electrons. The molecule has 0 bridgehead atoms. The first kappa shape index (κ1) is 16.6. The van der Waals surface area contributed by atoms with E-state index in [9.17, 15) is 13.2 Å². The van der Waals surface area contributed by atoms with Crippen LogP contribution in [-0.2, 0) is 6.18 Å². The van der Waals surface area contributed by atoms with E-state index < -0.39 is 11.7 Å². The Hall–Kier alpha value is -0.490. The maximum atomic E-state index is 12.5. The molecular weight excluding hydrogens is 344 g/mol. The first-order chi connectivity index (χ1) is 8.90. The quantitative estimate of drug-likeness (QED) is 0.681. The van der Waals surface area contributed by atoms with Crippen LogP contribution in [-0.4, -0.2) is 23.4 Å². The van der Waals surface area contributed by atoms with Gasteiger partial charge in [-0.1, -0.05) is 40.9 Å². The fourth-order valence-electron chi connectivity index (χ4n) is 1.59. The highest BCUT2D eigenvalue weighted by Gasteiger charge is 2.32. The minimum absolute atomic E-state index is 0.0341. The van der Waals surface area contributed by atoms with Gasteiger partial charge in [0.05, 0.1) is 10.6 Å². The van der Waals surface area contributed by atoms with Gasteiger partial charge in [-0.15, -0.1) is 0 Å². The standard InChI is InChI=1S/C12H15BrClF3N2/c1-2-3-5-19(6-4-13)11-10(14)7-9(8-18-11)12(15,16)17/h7-8H,2-6H2,1H3. The number of halogens is 5. The van der Waals surface area contributed by atoms with Crippen molar-refractivity contribution >= 4 is 33.3 Å². The van der Waals surface area contributed by atoms with Gasteiger partial charge in [0.15, 0.2) is 0 Å². The molecule has 2 nitrogen and oxygen atoms in total. The van der Waals surface area contributed by atoms with E-state index in [1.807, 2.05) is 11.8 Å². The summed E-state index contributed by atoms with van der Waals surface area (Å²) in [5.41, 5.74) is -0.824. The molecule has 1 rings (SSSR count). The Kier molecular flexibility index (Phi) is 6.39. The van der Waals surface area contributed by atoms with Crippen molar-refractivity contribution < 1.29 is 13.2 Å². The molecule has 0 aliphatic rings. The molecule has 0 radical (unpaired) electrons. The molecule has 7 heteroatoms. The molecule has 0 N–H and O–H groups in total. The van der Waals surface area contributed by atoms with E-state index in [2.05, 4.69) is 20.9 Å². The van der Waals surface area contributed by atoms with E-state index in [0.29, 0.717) is 17.7 Å². The summed E-state index contributed by atoms with van der Waals surface area (Å²) in [6.07, 6.45) is -1.66. The molecule has 0 aliphatic heterocycles. The van der Waals surface area contributed by atoms with E-state index in [0.717, 1.165) is 31.6 Å². The van der Waals surface area contributed by atoms with Crippen molar-refractivity contribution in [1.82, 2.24) is 4.98 Å². The maximum Gasteiger partial charge on any atom is 0.417 e. The van der Waals surface area contributed by atoms with Crippen LogP contribution in [0.5, 0.6) is 0 Å². The monoisotopic (exact) mass is 358 g/mol. The number of alkyl halides is 4. The summed E-state index contributed by atoms with van der Waals surface area (Å²) in [5.74, 6) is 0.405. The van der Waals surface area contributed by atoms with Crippen LogP contribution in [0.15, 0.2) is 12.3 Å². The van der Waals surface area contributed by atoms with Gasteiger partial charge in [0, 0.05) is 24.6 Å². The van der Waals surface area contributed by atoms with E-state index in [4.69, 9.17) is 11.6 Å². The third-order valence-corrected chi connectivity index (χ3v) is 3.22. The average molecular weight is 360 g/mol. The van der Waals surface area contributed by atoms with E-state index in [-0.39, 0.29) is 5.02 Å². The largest absolute Gasteiger partial charge is 0.417 e. The summed E-state index contributed by atoms with van der Waals surface area (Å²) in [4.78, 5) is 5.76. The number of hydrogen-bond acceptors (Lipinski definition) is 2. The van der Waals surface area contributed by atoms with Gasteiger partial charge >= 0.3 is 6.18 Å². The molecule has 0 saturated heterocycles. The predicted molar refractivity (Wildman–Crippen MR) is 75.2 cm³/mol. The number of anilines is 1. The predicted octanol–water partition coefficient (Wildman–Crippen LogP) is 4.76. The van der Waals surface area contributed by atoms with E-state index in [1.54, 1.807) is 0 Å². The number of unbranched alkanes of at least 4 members (excludes halogenated alkanes) is 1. The van der Waals surface area contributed by atoms with Crippen molar-refractivity contribution in [1.29, 1.82) is 0 Å². The van der Waals surface area contributed by atoms with Crippen LogP contribution in [0, 0.1) is 0 Å². The molecule has 0 saturated carbocycles. The highest BCUT2D eigenvalue weighted by molar-refractivity contribution is 9.09. The van der Waals surface area contributed by atoms with Crippen molar-refractivity contribution in [2.45, 2.75) is 25.9 Å². The zero-order chi connectivity index (χ0) is 14.5. The van der Waals surface area contributed by atoms with Gasteiger partial charge < -0.3 is 4.90 Å². The van der Waals surface area contributed by atoms with Crippen LogP contribution >= 0.6 is 27.5 Å². The summed E-state index contributed by atoms with van der Waals surface area (Å²) >= 11 is 9.24. The molecule has 19 heavy (non-hydrogen) atoms. The number of nitrogens with zero attached hydrogens (tertiary/aromatic N) is 2. The van der Waals surface area contributed by atoms with Crippen LogP contribution in [0.2, 0.25) is 5.02 Å². The number of hydrogen-bond donors (Lipinski definition) is 0. The lowest BCUT2D eigenvalue weighted by Gasteiger charge is -2.24. The Morgan fingerprint density at radius 3 is 2.53 bits per heavy atom. The van der Waals surface area contributed by atoms with Crippen LogP contribution < -0.4 is 4.90 Å². The van der Waals surface area contributed by atoms with E-state index >= 15 is 0 Å². The van der Waals surface area contributed by atoms with Crippen molar-refractivity contribution in [2.24, 2.45) is 0 Å². The minimum Gasteiger partial charge on any atom is -0.355 e. The van der Waals surface area contributed by atoms with Crippen LogP contribution in [0.4, 0.5) is 19.0 Å². The summed E-state index contributed by atoms with van der Waals surface area (Å²) in [5, 5.41) is 0.738. The molecular formula is C12H15BrClF3N2. The summed E-state index contributed by atoms with van der Waals surface area (Å²) in [7, 11) is 0. The second-order valence-electron chi connectivity index (χ2n) is 4.06. The van der Waals surface area contributed by atoms with Gasteiger partial charge in [-0.2, -0.15) is 13.2 Å². The number of rotatable bonds is 6. The molecule has 1 aromatic heterocycles. The molecule has 0 spiro atoms. The molecule has 0 unspecified atom stereocenters. The summed E-state index contributed by atoms with van der Waals surface area (Å²) < 4.78 is 37.6. The van der Waals surface area contributed by atoms with Crippen molar-refractivity contribution in [3.05, 3.63) is 22.8 Å². The Labute approximate surface area is 124 Å². The Morgan fingerprint density at radius 1 is 1.37 bits per heavy atom. The fraction of sp³-hybridized carbons (Fsp3) is 0.583. The fourth-order valence-corrected chi connectivity index (χ4v) is 2.31. The molecule has 0 aliphatic carbocycles. The SMILES string of the molecule is CCCCN(CCBr)c1ncc(C(F)(F)F)cc1Cl. The highest BCUT2D eigenvalue weighted by atomic mass is 79.9.